The highest BCUT2D eigenvalue weighted by atomic mass is 16.6. The van der Waals surface area contributed by atoms with E-state index in [1.807, 2.05) is 20.8 Å². The van der Waals surface area contributed by atoms with Gasteiger partial charge in [-0.2, -0.15) is 15.2 Å². The van der Waals surface area contributed by atoms with Crippen LogP contribution in [0.15, 0.2) is 36.4 Å². The third kappa shape index (κ3) is 6.85. The minimum absolute atomic E-state index is 0.217. The molecule has 2 atom stereocenters. The molecule has 46 heavy (non-hydrogen) atoms. The van der Waals surface area contributed by atoms with Crippen LogP contribution in [0.3, 0.4) is 0 Å². The van der Waals surface area contributed by atoms with Crippen LogP contribution in [-0.4, -0.2) is 96.5 Å². The summed E-state index contributed by atoms with van der Waals surface area (Å²) in [5, 5.41) is 12.3. The number of nitriles is 1. The third-order valence-electron chi connectivity index (χ3n) is 9.55. The van der Waals surface area contributed by atoms with Gasteiger partial charge >= 0.3 is 12.1 Å². The van der Waals surface area contributed by atoms with Gasteiger partial charge < -0.3 is 29.1 Å². The average molecular weight is 626 g/mol. The van der Waals surface area contributed by atoms with Gasteiger partial charge in [0.15, 0.2) is 0 Å². The van der Waals surface area contributed by atoms with Gasteiger partial charge in [0.1, 0.15) is 18.0 Å². The van der Waals surface area contributed by atoms with E-state index in [2.05, 4.69) is 71.1 Å². The summed E-state index contributed by atoms with van der Waals surface area (Å²) < 4.78 is 12.0. The number of piperazine rings is 1. The monoisotopic (exact) mass is 625 g/mol. The summed E-state index contributed by atoms with van der Waals surface area (Å²) in [4.78, 5) is 32.0. The highest BCUT2D eigenvalue weighted by molar-refractivity contribution is 5.97. The van der Waals surface area contributed by atoms with Crippen LogP contribution in [0.4, 0.5) is 16.3 Å². The number of nitrogens with zero attached hydrogens (tertiary/aromatic N) is 7. The number of aryl methyl sites for hydroxylation is 1. The molecular formula is C36H47N7O3. The summed E-state index contributed by atoms with van der Waals surface area (Å²) in [5.41, 5.74) is 4.06. The normalized spacial score (nSPS) is 20.7. The molecule has 6 rings (SSSR count). The zero-order valence-corrected chi connectivity index (χ0v) is 28.0. The standard InChI is InChI=1S/C36H47N7O3/c1-25-9-6-10-26-11-7-13-31(32(25)26)41-19-15-29-30(16-20-41)38-34(45-24-28-12-8-18-40(28)5)39-33(29)42-21-22-43(27(23-42)14-17-37)35(44)46-36(2,3)4/h6-7,9-11,13,27-28H,8,12,14-16,18-24H2,1-5H3/t27-,28-/m0/s1. The second kappa shape index (κ2) is 13.3. The van der Waals surface area contributed by atoms with Gasteiger partial charge in [0, 0.05) is 61.8 Å². The van der Waals surface area contributed by atoms with Crippen molar-refractivity contribution in [3.05, 3.63) is 53.2 Å². The Hall–Kier alpha value is -4.10. The molecule has 0 N–H and O–H groups in total. The molecule has 1 amide bonds. The molecule has 2 saturated heterocycles. The van der Waals surface area contributed by atoms with E-state index in [4.69, 9.17) is 19.4 Å². The molecule has 10 heteroatoms. The van der Waals surface area contributed by atoms with Gasteiger partial charge in [-0.1, -0.05) is 30.3 Å². The van der Waals surface area contributed by atoms with E-state index in [0.29, 0.717) is 38.3 Å². The summed E-state index contributed by atoms with van der Waals surface area (Å²) in [5.74, 6) is 0.863. The van der Waals surface area contributed by atoms with Crippen molar-refractivity contribution in [3.63, 3.8) is 0 Å². The molecule has 244 valence electrons. The Balaban J connectivity index is 1.30. The fraction of sp³-hybridized carbons (Fsp3) is 0.556. The van der Waals surface area contributed by atoms with E-state index in [0.717, 1.165) is 56.0 Å². The largest absolute Gasteiger partial charge is 0.462 e. The lowest BCUT2D eigenvalue weighted by molar-refractivity contribution is 0.0144. The number of ether oxygens (including phenoxy) is 2. The number of hydrogen-bond donors (Lipinski definition) is 0. The van der Waals surface area contributed by atoms with Crippen LogP contribution in [0.5, 0.6) is 6.01 Å². The predicted molar refractivity (Wildman–Crippen MR) is 181 cm³/mol. The molecule has 3 aromatic rings. The predicted octanol–water partition coefficient (Wildman–Crippen LogP) is 5.36. The van der Waals surface area contributed by atoms with Gasteiger partial charge in [-0.15, -0.1) is 0 Å². The molecule has 2 fully saturated rings. The number of fused-ring (bicyclic) bond motifs is 2. The number of rotatable bonds is 6. The fourth-order valence-electron chi connectivity index (χ4n) is 7.14. The van der Waals surface area contributed by atoms with Crippen LogP contribution in [0.2, 0.25) is 0 Å². The maximum absolute atomic E-state index is 13.1. The lowest BCUT2D eigenvalue weighted by Gasteiger charge is -2.42. The molecule has 0 unspecified atom stereocenters. The first-order valence-corrected chi connectivity index (χ1v) is 16.7. The first-order valence-electron chi connectivity index (χ1n) is 16.7. The number of carbonyl (C=O) groups excluding carboxylic acids is 1. The van der Waals surface area contributed by atoms with Crippen LogP contribution < -0.4 is 14.5 Å². The van der Waals surface area contributed by atoms with Gasteiger partial charge in [-0.05, 0) is 77.6 Å². The highest BCUT2D eigenvalue weighted by Crippen LogP contribution is 2.34. The number of aromatic nitrogens is 2. The van der Waals surface area contributed by atoms with Crippen molar-refractivity contribution in [2.75, 3.05) is 62.7 Å². The van der Waals surface area contributed by atoms with Crippen molar-refractivity contribution >= 4 is 28.4 Å². The Bertz CT molecular complexity index is 1610. The van der Waals surface area contributed by atoms with Gasteiger partial charge in [0.05, 0.1) is 24.2 Å². The molecule has 0 radical (unpaired) electrons. The van der Waals surface area contributed by atoms with Crippen molar-refractivity contribution < 1.29 is 14.3 Å². The minimum Gasteiger partial charge on any atom is -0.462 e. The highest BCUT2D eigenvalue weighted by Gasteiger charge is 2.36. The molecular weight excluding hydrogens is 578 g/mol. The van der Waals surface area contributed by atoms with E-state index in [9.17, 15) is 10.1 Å². The lowest BCUT2D eigenvalue weighted by Crippen LogP contribution is -2.56. The molecule has 0 spiro atoms. The number of benzene rings is 2. The quantitative estimate of drug-likeness (QED) is 0.359. The van der Waals surface area contributed by atoms with Gasteiger partial charge in [0.2, 0.25) is 0 Å². The van der Waals surface area contributed by atoms with Crippen molar-refractivity contribution in [3.8, 4) is 12.1 Å². The van der Waals surface area contributed by atoms with Crippen LogP contribution in [0.25, 0.3) is 10.8 Å². The zero-order chi connectivity index (χ0) is 32.4. The maximum Gasteiger partial charge on any atom is 0.410 e. The van der Waals surface area contributed by atoms with E-state index in [1.165, 1.54) is 28.4 Å². The number of amides is 1. The molecule has 4 heterocycles. The van der Waals surface area contributed by atoms with E-state index in [1.54, 1.807) is 4.90 Å². The number of anilines is 2. The second-order valence-corrected chi connectivity index (χ2v) is 13.9. The van der Waals surface area contributed by atoms with E-state index in [-0.39, 0.29) is 18.6 Å². The fourth-order valence-corrected chi connectivity index (χ4v) is 7.14. The molecule has 0 saturated carbocycles. The number of likely N-dealkylation sites (N-methyl/N-ethyl adjacent to an activating group) is 1. The SMILES string of the molecule is Cc1cccc2cccc(N3CCc4nc(OC[C@@H]5CCCN5C)nc(N5CCN(C(=O)OC(C)(C)C)[C@@H](CC#N)C5)c4CC3)c12. The average Bonchev–Trinajstić information content (AvgIpc) is 3.31. The molecule has 0 bridgehead atoms. The third-order valence-corrected chi connectivity index (χ3v) is 9.55. The van der Waals surface area contributed by atoms with Crippen molar-refractivity contribution in [1.29, 1.82) is 5.26 Å². The van der Waals surface area contributed by atoms with Crippen LogP contribution in [0, 0.1) is 18.3 Å². The smallest absolute Gasteiger partial charge is 0.410 e. The number of likely N-dealkylation sites (tertiary alicyclic amines) is 1. The van der Waals surface area contributed by atoms with Crippen molar-refractivity contribution in [1.82, 2.24) is 19.8 Å². The molecule has 2 aromatic carbocycles. The van der Waals surface area contributed by atoms with E-state index >= 15 is 0 Å². The van der Waals surface area contributed by atoms with Crippen LogP contribution >= 0.6 is 0 Å². The Morgan fingerprint density at radius 3 is 2.52 bits per heavy atom. The zero-order valence-electron chi connectivity index (χ0n) is 28.0. The van der Waals surface area contributed by atoms with Gasteiger partial charge in [-0.3, -0.25) is 0 Å². The van der Waals surface area contributed by atoms with Gasteiger partial charge in [0.25, 0.3) is 0 Å². The number of carbonyl (C=O) groups is 1. The molecule has 1 aromatic heterocycles. The summed E-state index contributed by atoms with van der Waals surface area (Å²) >= 11 is 0. The minimum atomic E-state index is -0.608. The summed E-state index contributed by atoms with van der Waals surface area (Å²) in [6.45, 7) is 12.6. The van der Waals surface area contributed by atoms with Crippen LogP contribution in [0.1, 0.15) is 56.9 Å². The second-order valence-electron chi connectivity index (χ2n) is 13.9. The summed E-state index contributed by atoms with van der Waals surface area (Å²) in [6.07, 6.45) is 3.68. The summed E-state index contributed by atoms with van der Waals surface area (Å²) in [7, 11) is 2.15. The Morgan fingerprint density at radius 1 is 1.00 bits per heavy atom. The molecule has 0 aliphatic carbocycles. The Kier molecular flexibility index (Phi) is 9.23. The van der Waals surface area contributed by atoms with E-state index < -0.39 is 5.60 Å². The van der Waals surface area contributed by atoms with Gasteiger partial charge in [-0.25, -0.2) is 4.79 Å². The maximum atomic E-state index is 13.1. The lowest BCUT2D eigenvalue weighted by atomic mass is 10.0. The molecule has 3 aliphatic rings. The van der Waals surface area contributed by atoms with Crippen LogP contribution in [-0.2, 0) is 17.6 Å². The topological polar surface area (TPSA) is 98.1 Å². The van der Waals surface area contributed by atoms with Crippen molar-refractivity contribution in [2.45, 2.75) is 77.5 Å². The van der Waals surface area contributed by atoms with Crippen molar-refractivity contribution in [2.24, 2.45) is 0 Å². The Labute approximate surface area is 272 Å². The first kappa shape index (κ1) is 31.9. The molecule has 10 nitrogen and oxygen atoms in total. The Morgan fingerprint density at radius 2 is 1.78 bits per heavy atom. The molecule has 3 aliphatic heterocycles. The summed E-state index contributed by atoms with van der Waals surface area (Å²) in [6, 6.07) is 15.8. The first-order chi connectivity index (χ1) is 22.1. The number of hydrogen-bond acceptors (Lipinski definition) is 9.